The van der Waals surface area contributed by atoms with Crippen LogP contribution in [0.15, 0.2) is 18.3 Å². The summed E-state index contributed by atoms with van der Waals surface area (Å²) in [7, 11) is 0. The van der Waals surface area contributed by atoms with Crippen LogP contribution in [0.5, 0.6) is 0 Å². The van der Waals surface area contributed by atoms with E-state index in [4.69, 9.17) is 10.8 Å². The van der Waals surface area contributed by atoms with E-state index in [1.54, 1.807) is 12.1 Å². The highest BCUT2D eigenvalue weighted by molar-refractivity contribution is 5.81. The highest BCUT2D eigenvalue weighted by atomic mass is 19.4. The fraction of sp³-hybridized carbons (Fsp3) is 0.500. The molecule has 1 aromatic rings. The first-order chi connectivity index (χ1) is 8.78. The molecule has 7 heteroatoms. The maximum atomic E-state index is 13.1. The second-order valence-corrected chi connectivity index (χ2v) is 4.66. The largest absolute Gasteiger partial charge is 0.480 e. The zero-order chi connectivity index (χ0) is 14.3. The Kier molecular flexibility index (Phi) is 3.25. The minimum Gasteiger partial charge on any atom is -0.480 e. The van der Waals surface area contributed by atoms with Crippen LogP contribution in [0, 0.1) is 0 Å². The molecule has 1 aliphatic carbocycles. The van der Waals surface area contributed by atoms with E-state index in [2.05, 4.69) is 4.98 Å². The van der Waals surface area contributed by atoms with Gasteiger partial charge in [-0.3, -0.25) is 4.98 Å². The number of hydrogen-bond donors (Lipinski definition) is 2. The fourth-order valence-corrected chi connectivity index (χ4v) is 2.52. The van der Waals surface area contributed by atoms with Crippen molar-refractivity contribution in [2.75, 3.05) is 0 Å². The van der Waals surface area contributed by atoms with E-state index in [1.165, 1.54) is 6.20 Å². The van der Waals surface area contributed by atoms with Gasteiger partial charge in [-0.15, -0.1) is 0 Å². The van der Waals surface area contributed by atoms with Crippen LogP contribution >= 0.6 is 0 Å². The quantitative estimate of drug-likeness (QED) is 0.862. The van der Waals surface area contributed by atoms with Crippen molar-refractivity contribution in [1.29, 1.82) is 0 Å². The molecule has 0 amide bonds. The highest BCUT2D eigenvalue weighted by Gasteiger charge is 2.63. The molecule has 0 aromatic carbocycles. The van der Waals surface area contributed by atoms with Gasteiger partial charge in [-0.25, -0.2) is 4.79 Å². The summed E-state index contributed by atoms with van der Waals surface area (Å²) in [5.74, 6) is -3.42. The molecule has 0 bridgehead atoms. The van der Waals surface area contributed by atoms with Crippen molar-refractivity contribution >= 4 is 5.97 Å². The zero-order valence-corrected chi connectivity index (χ0v) is 9.94. The van der Waals surface area contributed by atoms with E-state index in [-0.39, 0.29) is 12.1 Å². The number of aliphatic carboxylic acids is 1. The summed E-state index contributed by atoms with van der Waals surface area (Å²) in [6, 6.07) is 3.28. The average Bonchev–Trinajstić information content (AvgIpc) is 2.35. The molecule has 19 heavy (non-hydrogen) atoms. The lowest BCUT2D eigenvalue weighted by Gasteiger charge is -2.37. The Hall–Kier alpha value is -1.63. The fourth-order valence-electron chi connectivity index (χ4n) is 2.52. The number of carbonyl (C=O) groups is 1. The smallest absolute Gasteiger partial charge is 0.417 e. The number of aryl methyl sites for hydroxylation is 1. The lowest BCUT2D eigenvalue weighted by molar-refractivity contribution is -0.208. The molecule has 2 unspecified atom stereocenters. The second-order valence-electron chi connectivity index (χ2n) is 4.66. The number of aromatic nitrogens is 1. The van der Waals surface area contributed by atoms with Crippen molar-refractivity contribution in [3.05, 3.63) is 29.6 Å². The Morgan fingerprint density at radius 2 is 2.16 bits per heavy atom. The summed E-state index contributed by atoms with van der Waals surface area (Å²) >= 11 is 0. The molecule has 1 aliphatic rings. The van der Waals surface area contributed by atoms with Gasteiger partial charge in [-0.2, -0.15) is 13.2 Å². The van der Waals surface area contributed by atoms with Crippen LogP contribution in [0.1, 0.15) is 30.0 Å². The molecule has 4 nitrogen and oxygen atoms in total. The van der Waals surface area contributed by atoms with Crippen LogP contribution in [-0.2, 0) is 11.2 Å². The molecular formula is C12H13F3N2O2. The van der Waals surface area contributed by atoms with Gasteiger partial charge < -0.3 is 10.8 Å². The number of fused-ring (bicyclic) bond motifs is 1. The molecule has 0 radical (unpaired) electrons. The summed E-state index contributed by atoms with van der Waals surface area (Å²) in [5, 5.41) is 8.97. The third-order valence-electron chi connectivity index (χ3n) is 3.57. The first kappa shape index (κ1) is 13.8. The van der Waals surface area contributed by atoms with Gasteiger partial charge >= 0.3 is 12.1 Å². The van der Waals surface area contributed by atoms with Crippen LogP contribution in [0.3, 0.4) is 0 Å². The average molecular weight is 274 g/mol. The van der Waals surface area contributed by atoms with Crippen LogP contribution in [0.4, 0.5) is 13.2 Å². The van der Waals surface area contributed by atoms with E-state index in [1.807, 2.05) is 0 Å². The van der Waals surface area contributed by atoms with Crippen molar-refractivity contribution in [3.63, 3.8) is 0 Å². The van der Waals surface area contributed by atoms with Crippen LogP contribution < -0.4 is 5.73 Å². The number of carboxylic acids is 1. The monoisotopic (exact) mass is 274 g/mol. The Morgan fingerprint density at radius 3 is 2.74 bits per heavy atom. The molecule has 1 aromatic heterocycles. The first-order valence-corrected chi connectivity index (χ1v) is 5.81. The number of nitrogens with zero attached hydrogens (tertiary/aromatic N) is 1. The number of rotatable bonds is 2. The van der Waals surface area contributed by atoms with Gasteiger partial charge in [0.1, 0.15) is 0 Å². The summed E-state index contributed by atoms with van der Waals surface area (Å²) in [4.78, 5) is 15.0. The van der Waals surface area contributed by atoms with Gasteiger partial charge in [0, 0.05) is 17.8 Å². The number of hydrogen-bond acceptors (Lipinski definition) is 3. The maximum absolute atomic E-state index is 13.1. The summed E-state index contributed by atoms with van der Waals surface area (Å²) < 4.78 is 39.3. The summed E-state index contributed by atoms with van der Waals surface area (Å²) in [6.07, 6.45) is -2.56. The minimum atomic E-state index is -5.03. The second kappa shape index (κ2) is 4.48. The molecular weight excluding hydrogens is 261 g/mol. The van der Waals surface area contributed by atoms with E-state index in [0.29, 0.717) is 18.4 Å². The SMILES string of the molecule is NC(C(=O)O)(C1CCCc2cccnc21)C(F)(F)F. The van der Waals surface area contributed by atoms with Crippen LogP contribution in [-0.4, -0.2) is 27.8 Å². The third-order valence-corrected chi connectivity index (χ3v) is 3.57. The molecule has 1 heterocycles. The Balaban J connectivity index is 2.55. The number of carboxylic acid groups (broad SMARTS) is 1. The predicted molar refractivity (Wildman–Crippen MR) is 60.5 cm³/mol. The molecule has 2 rings (SSSR count). The molecule has 2 atom stereocenters. The Bertz CT molecular complexity index is 504. The van der Waals surface area contributed by atoms with Gasteiger partial charge in [0.25, 0.3) is 0 Å². The Morgan fingerprint density at radius 1 is 1.47 bits per heavy atom. The minimum absolute atomic E-state index is 0.0618. The Labute approximate surface area is 107 Å². The molecule has 0 spiro atoms. The number of halogens is 3. The van der Waals surface area contributed by atoms with E-state index in [0.717, 1.165) is 0 Å². The van der Waals surface area contributed by atoms with Crippen LogP contribution in [0.2, 0.25) is 0 Å². The summed E-state index contributed by atoms with van der Waals surface area (Å²) in [5.41, 5.74) is 2.73. The predicted octanol–water partition coefficient (Wildman–Crippen LogP) is 1.85. The normalized spacial score (nSPS) is 22.4. The lowest BCUT2D eigenvalue weighted by Crippen LogP contribution is -2.64. The van der Waals surface area contributed by atoms with Gasteiger partial charge in [0.15, 0.2) is 0 Å². The first-order valence-electron chi connectivity index (χ1n) is 5.81. The number of pyridine rings is 1. The van der Waals surface area contributed by atoms with Gasteiger partial charge in [-0.1, -0.05) is 6.07 Å². The van der Waals surface area contributed by atoms with Crippen molar-refractivity contribution in [2.24, 2.45) is 5.73 Å². The van der Waals surface area contributed by atoms with Gasteiger partial charge in [0.05, 0.1) is 0 Å². The number of nitrogens with two attached hydrogens (primary N) is 1. The van der Waals surface area contributed by atoms with E-state index < -0.39 is 23.6 Å². The van der Waals surface area contributed by atoms with Crippen molar-refractivity contribution in [1.82, 2.24) is 4.98 Å². The molecule has 0 saturated heterocycles. The summed E-state index contributed by atoms with van der Waals surface area (Å²) in [6.45, 7) is 0. The topological polar surface area (TPSA) is 76.2 Å². The molecule has 0 saturated carbocycles. The third kappa shape index (κ3) is 2.07. The molecule has 3 N–H and O–H groups in total. The van der Waals surface area contributed by atoms with E-state index >= 15 is 0 Å². The zero-order valence-electron chi connectivity index (χ0n) is 9.94. The highest BCUT2D eigenvalue weighted by Crippen LogP contribution is 2.44. The van der Waals surface area contributed by atoms with E-state index in [9.17, 15) is 18.0 Å². The lowest BCUT2D eigenvalue weighted by atomic mass is 9.73. The van der Waals surface area contributed by atoms with Crippen molar-refractivity contribution in [3.8, 4) is 0 Å². The van der Waals surface area contributed by atoms with Crippen LogP contribution in [0.25, 0.3) is 0 Å². The van der Waals surface area contributed by atoms with Gasteiger partial charge in [0.2, 0.25) is 5.54 Å². The van der Waals surface area contributed by atoms with Gasteiger partial charge in [-0.05, 0) is 30.9 Å². The van der Waals surface area contributed by atoms with Crippen molar-refractivity contribution in [2.45, 2.75) is 36.9 Å². The molecule has 0 fully saturated rings. The number of alkyl halides is 3. The molecule has 104 valence electrons. The maximum Gasteiger partial charge on any atom is 0.417 e. The molecule has 0 aliphatic heterocycles. The standard InChI is InChI=1S/C12H13F3N2O2/c13-12(14,15)11(16,10(18)19)8-5-1-3-7-4-2-6-17-9(7)8/h2,4,6,8H,1,3,5,16H2,(H,18,19). The van der Waals surface area contributed by atoms with Crippen molar-refractivity contribution < 1.29 is 23.1 Å².